The molecule has 2 fully saturated rings. The summed E-state index contributed by atoms with van der Waals surface area (Å²) in [6.45, 7) is 1.39. The van der Waals surface area contributed by atoms with Crippen molar-refractivity contribution >= 4 is 22.6 Å². The summed E-state index contributed by atoms with van der Waals surface area (Å²) in [5.74, 6) is 0.931. The fourth-order valence-electron chi connectivity index (χ4n) is 4.35. The molecule has 1 aromatic carbocycles. The fraction of sp³-hybridized carbons (Fsp3) is 0.600. The number of aromatic amines is 1. The molecule has 1 aromatic heterocycles. The van der Waals surface area contributed by atoms with E-state index in [1.165, 1.54) is 19.3 Å². The standard InChI is InChI=1S/C20H28N4O2/c21-13-20(8-2-1-3-9-20)12-18(25)22-14-6-7-15-16(11-14)24-19(23-15)17-5-4-10-26-17/h6-7,11,17H,1-5,8-10,12-13,21H2,(H,22,25)(H,23,24). The van der Waals surface area contributed by atoms with E-state index < -0.39 is 0 Å². The van der Waals surface area contributed by atoms with Crippen molar-refractivity contribution in [2.24, 2.45) is 11.1 Å². The number of aromatic nitrogens is 2. The minimum absolute atomic E-state index is 0.0204. The van der Waals surface area contributed by atoms with Crippen molar-refractivity contribution in [3.8, 4) is 0 Å². The number of ether oxygens (including phenoxy) is 1. The van der Waals surface area contributed by atoms with Crippen molar-refractivity contribution < 1.29 is 9.53 Å². The molecule has 2 heterocycles. The molecule has 1 aliphatic heterocycles. The first-order chi connectivity index (χ1) is 12.7. The lowest BCUT2D eigenvalue weighted by atomic mass is 9.71. The molecular weight excluding hydrogens is 328 g/mol. The van der Waals surface area contributed by atoms with Crippen LogP contribution < -0.4 is 11.1 Å². The molecule has 1 amide bonds. The van der Waals surface area contributed by atoms with E-state index in [0.717, 1.165) is 54.8 Å². The van der Waals surface area contributed by atoms with Gasteiger partial charge in [0.05, 0.1) is 11.0 Å². The number of nitrogens with two attached hydrogens (primary N) is 1. The van der Waals surface area contributed by atoms with Gasteiger partial charge in [-0.2, -0.15) is 0 Å². The highest BCUT2D eigenvalue weighted by atomic mass is 16.5. The number of nitrogens with zero attached hydrogens (tertiary/aromatic N) is 1. The molecule has 1 saturated carbocycles. The normalized spacial score (nSPS) is 22.6. The van der Waals surface area contributed by atoms with Gasteiger partial charge < -0.3 is 20.8 Å². The molecule has 6 nitrogen and oxygen atoms in total. The zero-order chi connectivity index (χ0) is 18.0. The van der Waals surface area contributed by atoms with Gasteiger partial charge in [-0.15, -0.1) is 0 Å². The summed E-state index contributed by atoms with van der Waals surface area (Å²) in [7, 11) is 0. The molecule has 26 heavy (non-hydrogen) atoms. The maximum Gasteiger partial charge on any atom is 0.224 e. The van der Waals surface area contributed by atoms with Crippen molar-refractivity contribution in [3.05, 3.63) is 24.0 Å². The molecular formula is C20H28N4O2. The van der Waals surface area contributed by atoms with Crippen LogP contribution in [0.25, 0.3) is 11.0 Å². The first kappa shape index (κ1) is 17.5. The highest BCUT2D eigenvalue weighted by Crippen LogP contribution is 2.38. The topological polar surface area (TPSA) is 93.0 Å². The summed E-state index contributed by atoms with van der Waals surface area (Å²) in [5.41, 5.74) is 8.62. The van der Waals surface area contributed by atoms with Crippen LogP contribution in [0.5, 0.6) is 0 Å². The SMILES string of the molecule is NCC1(CC(=O)Nc2ccc3nc(C4CCCO4)[nH]c3c2)CCCCC1. The third kappa shape index (κ3) is 3.62. The first-order valence-corrected chi connectivity index (χ1v) is 9.79. The van der Waals surface area contributed by atoms with Gasteiger partial charge in [-0.1, -0.05) is 19.3 Å². The number of benzene rings is 1. The molecule has 4 N–H and O–H groups in total. The van der Waals surface area contributed by atoms with E-state index in [1.54, 1.807) is 0 Å². The Labute approximate surface area is 153 Å². The molecule has 2 aromatic rings. The van der Waals surface area contributed by atoms with Crippen molar-refractivity contribution in [1.29, 1.82) is 0 Å². The van der Waals surface area contributed by atoms with Crippen molar-refractivity contribution in [3.63, 3.8) is 0 Å². The van der Waals surface area contributed by atoms with Crippen LogP contribution in [0.2, 0.25) is 0 Å². The zero-order valence-electron chi connectivity index (χ0n) is 15.2. The average molecular weight is 356 g/mol. The van der Waals surface area contributed by atoms with E-state index >= 15 is 0 Å². The maximum absolute atomic E-state index is 12.6. The quantitative estimate of drug-likeness (QED) is 0.762. The maximum atomic E-state index is 12.6. The molecule has 1 atom stereocenters. The molecule has 1 aliphatic carbocycles. The lowest BCUT2D eigenvalue weighted by Gasteiger charge is -2.35. The molecule has 6 heteroatoms. The van der Waals surface area contributed by atoms with Crippen LogP contribution in [-0.4, -0.2) is 29.0 Å². The Kier molecular flexibility index (Phi) is 4.96. The Hall–Kier alpha value is -1.92. The Balaban J connectivity index is 1.45. The van der Waals surface area contributed by atoms with Crippen LogP contribution in [0.1, 0.15) is 63.3 Å². The van der Waals surface area contributed by atoms with E-state index in [4.69, 9.17) is 10.5 Å². The van der Waals surface area contributed by atoms with Gasteiger partial charge in [-0.25, -0.2) is 4.98 Å². The molecule has 1 unspecified atom stereocenters. The summed E-state index contributed by atoms with van der Waals surface area (Å²) in [5, 5.41) is 3.05. The van der Waals surface area contributed by atoms with Crippen LogP contribution in [0.3, 0.4) is 0 Å². The number of imidazole rings is 1. The molecule has 0 bridgehead atoms. The number of hydrogen-bond donors (Lipinski definition) is 3. The smallest absolute Gasteiger partial charge is 0.224 e. The Bertz CT molecular complexity index is 773. The van der Waals surface area contributed by atoms with Gasteiger partial charge in [0.15, 0.2) is 0 Å². The summed E-state index contributed by atoms with van der Waals surface area (Å²) in [6.07, 6.45) is 8.38. The number of H-pyrrole nitrogens is 1. The number of anilines is 1. The van der Waals surface area contributed by atoms with Crippen LogP contribution in [0.15, 0.2) is 18.2 Å². The largest absolute Gasteiger partial charge is 0.370 e. The average Bonchev–Trinajstić information content (AvgIpc) is 3.31. The van der Waals surface area contributed by atoms with Crippen LogP contribution in [-0.2, 0) is 9.53 Å². The predicted molar refractivity (Wildman–Crippen MR) is 102 cm³/mol. The second-order valence-corrected chi connectivity index (χ2v) is 7.85. The molecule has 140 valence electrons. The van der Waals surface area contributed by atoms with Crippen molar-refractivity contribution in [2.75, 3.05) is 18.5 Å². The van der Waals surface area contributed by atoms with Gasteiger partial charge >= 0.3 is 0 Å². The minimum Gasteiger partial charge on any atom is -0.370 e. The zero-order valence-corrected chi connectivity index (χ0v) is 15.2. The van der Waals surface area contributed by atoms with E-state index in [-0.39, 0.29) is 17.4 Å². The van der Waals surface area contributed by atoms with Crippen molar-refractivity contribution in [2.45, 2.75) is 57.5 Å². The number of carbonyl (C=O) groups is 1. The van der Waals surface area contributed by atoms with Crippen LogP contribution in [0.4, 0.5) is 5.69 Å². The Morgan fingerprint density at radius 2 is 2.15 bits per heavy atom. The highest BCUT2D eigenvalue weighted by molar-refractivity contribution is 5.93. The number of amides is 1. The Morgan fingerprint density at radius 3 is 2.88 bits per heavy atom. The first-order valence-electron chi connectivity index (χ1n) is 9.79. The van der Waals surface area contributed by atoms with E-state index in [1.807, 2.05) is 18.2 Å². The summed E-state index contributed by atoms with van der Waals surface area (Å²) in [6, 6.07) is 5.81. The second-order valence-electron chi connectivity index (χ2n) is 7.85. The van der Waals surface area contributed by atoms with Gasteiger partial charge in [0.1, 0.15) is 11.9 Å². The molecule has 0 spiro atoms. The summed E-state index contributed by atoms with van der Waals surface area (Å²) >= 11 is 0. The van der Waals surface area contributed by atoms with E-state index in [0.29, 0.717) is 13.0 Å². The number of carbonyl (C=O) groups excluding carboxylic acids is 1. The summed E-state index contributed by atoms with van der Waals surface area (Å²) in [4.78, 5) is 20.5. The minimum atomic E-state index is -0.0204. The summed E-state index contributed by atoms with van der Waals surface area (Å²) < 4.78 is 5.70. The van der Waals surface area contributed by atoms with Crippen LogP contribution in [0, 0.1) is 5.41 Å². The highest BCUT2D eigenvalue weighted by Gasteiger charge is 2.33. The number of rotatable bonds is 5. The van der Waals surface area contributed by atoms with Gasteiger partial charge in [0.2, 0.25) is 5.91 Å². The monoisotopic (exact) mass is 356 g/mol. The molecule has 2 aliphatic rings. The third-order valence-corrected chi connectivity index (χ3v) is 5.90. The molecule has 0 radical (unpaired) electrons. The number of fused-ring (bicyclic) bond motifs is 1. The number of nitrogens with one attached hydrogen (secondary N) is 2. The fourth-order valence-corrected chi connectivity index (χ4v) is 4.35. The lowest BCUT2D eigenvalue weighted by molar-refractivity contribution is -0.118. The predicted octanol–water partition coefficient (Wildman–Crippen LogP) is 3.65. The van der Waals surface area contributed by atoms with Gasteiger partial charge in [0, 0.05) is 18.7 Å². The van der Waals surface area contributed by atoms with Gasteiger partial charge in [0.25, 0.3) is 0 Å². The van der Waals surface area contributed by atoms with Gasteiger partial charge in [-0.05, 0) is 55.8 Å². The van der Waals surface area contributed by atoms with E-state index in [2.05, 4.69) is 15.3 Å². The Morgan fingerprint density at radius 1 is 1.31 bits per heavy atom. The van der Waals surface area contributed by atoms with Crippen LogP contribution >= 0.6 is 0 Å². The van der Waals surface area contributed by atoms with E-state index in [9.17, 15) is 4.79 Å². The molecule has 1 saturated heterocycles. The molecule has 4 rings (SSSR count). The third-order valence-electron chi connectivity index (χ3n) is 5.90. The van der Waals surface area contributed by atoms with Crippen molar-refractivity contribution in [1.82, 2.24) is 9.97 Å². The van der Waals surface area contributed by atoms with Gasteiger partial charge in [-0.3, -0.25) is 4.79 Å². The number of hydrogen-bond acceptors (Lipinski definition) is 4. The lowest BCUT2D eigenvalue weighted by Crippen LogP contribution is -2.36. The second kappa shape index (κ2) is 7.37.